The lowest BCUT2D eigenvalue weighted by Gasteiger charge is -2.33. The fourth-order valence-electron chi connectivity index (χ4n) is 2.58. The number of nitrogens with one attached hydrogen (secondary N) is 1. The third kappa shape index (κ3) is 2.37. The van der Waals surface area contributed by atoms with Gasteiger partial charge in [-0.25, -0.2) is 0 Å². The van der Waals surface area contributed by atoms with Gasteiger partial charge in [-0.1, -0.05) is 12.1 Å². The predicted octanol–water partition coefficient (Wildman–Crippen LogP) is 2.03. The fourth-order valence-corrected chi connectivity index (χ4v) is 2.58. The number of nitrogens with zero attached hydrogens (tertiary/aromatic N) is 2. The van der Waals surface area contributed by atoms with E-state index in [-0.39, 0.29) is 0 Å². The van der Waals surface area contributed by atoms with Gasteiger partial charge in [0.2, 0.25) is 0 Å². The van der Waals surface area contributed by atoms with E-state index >= 15 is 0 Å². The van der Waals surface area contributed by atoms with Crippen molar-refractivity contribution in [2.45, 2.75) is 19.5 Å². The Labute approximate surface area is 108 Å². The largest absolute Gasteiger partial charge is 0.314 e. The van der Waals surface area contributed by atoms with E-state index in [0.29, 0.717) is 6.04 Å². The Morgan fingerprint density at radius 3 is 3.22 bits per heavy atom. The molecule has 1 aliphatic rings. The topological polar surface area (TPSA) is 28.2 Å². The van der Waals surface area contributed by atoms with Crippen molar-refractivity contribution in [2.24, 2.45) is 0 Å². The van der Waals surface area contributed by atoms with Gasteiger partial charge in [-0.05, 0) is 30.7 Å². The summed E-state index contributed by atoms with van der Waals surface area (Å²) in [6.45, 7) is 6.64. The van der Waals surface area contributed by atoms with Gasteiger partial charge >= 0.3 is 0 Å². The van der Waals surface area contributed by atoms with Crippen molar-refractivity contribution in [1.29, 1.82) is 0 Å². The van der Waals surface area contributed by atoms with Crippen LogP contribution in [0.5, 0.6) is 0 Å². The molecule has 1 aromatic carbocycles. The summed E-state index contributed by atoms with van der Waals surface area (Å²) in [5.74, 6) is 0. The molecule has 1 fully saturated rings. The summed E-state index contributed by atoms with van der Waals surface area (Å²) in [7, 11) is 0. The Balaban J connectivity index is 1.81. The third-order valence-electron chi connectivity index (χ3n) is 3.69. The molecule has 0 radical (unpaired) electrons. The molecule has 1 aromatic heterocycles. The highest BCUT2D eigenvalue weighted by atomic mass is 15.2. The maximum Gasteiger partial charge on any atom is 0.0702 e. The van der Waals surface area contributed by atoms with Crippen LogP contribution in [-0.2, 0) is 6.54 Å². The second-order valence-corrected chi connectivity index (χ2v) is 5.05. The van der Waals surface area contributed by atoms with E-state index in [4.69, 9.17) is 0 Å². The van der Waals surface area contributed by atoms with E-state index in [9.17, 15) is 0 Å². The SMILES string of the molecule is C[C@@H]1CNCCN1Cc1ccc2ncccc2c1. The zero-order valence-electron chi connectivity index (χ0n) is 10.8. The van der Waals surface area contributed by atoms with Gasteiger partial charge in [0, 0.05) is 43.8 Å². The minimum Gasteiger partial charge on any atom is -0.314 e. The maximum absolute atomic E-state index is 4.36. The minimum absolute atomic E-state index is 0.614. The molecule has 2 aromatic rings. The summed E-state index contributed by atoms with van der Waals surface area (Å²) in [6, 6.07) is 11.3. The van der Waals surface area contributed by atoms with Gasteiger partial charge < -0.3 is 5.32 Å². The second-order valence-electron chi connectivity index (χ2n) is 5.05. The zero-order valence-corrected chi connectivity index (χ0v) is 10.8. The van der Waals surface area contributed by atoms with Crippen LogP contribution < -0.4 is 5.32 Å². The van der Waals surface area contributed by atoms with Crippen LogP contribution in [0.2, 0.25) is 0 Å². The number of rotatable bonds is 2. The van der Waals surface area contributed by atoms with Gasteiger partial charge in [0.25, 0.3) is 0 Å². The van der Waals surface area contributed by atoms with Gasteiger partial charge in [0.1, 0.15) is 0 Å². The van der Waals surface area contributed by atoms with E-state index < -0.39 is 0 Å². The lowest BCUT2D eigenvalue weighted by molar-refractivity contribution is 0.165. The summed E-state index contributed by atoms with van der Waals surface area (Å²) in [5, 5.41) is 4.66. The molecule has 0 unspecified atom stereocenters. The molecule has 18 heavy (non-hydrogen) atoms. The first-order valence-corrected chi connectivity index (χ1v) is 6.61. The first-order valence-electron chi connectivity index (χ1n) is 6.61. The molecule has 3 rings (SSSR count). The third-order valence-corrected chi connectivity index (χ3v) is 3.69. The Morgan fingerprint density at radius 2 is 2.33 bits per heavy atom. The van der Waals surface area contributed by atoms with Crippen LogP contribution >= 0.6 is 0 Å². The molecule has 1 saturated heterocycles. The van der Waals surface area contributed by atoms with Crippen molar-refractivity contribution in [3.8, 4) is 0 Å². The van der Waals surface area contributed by atoms with E-state index in [1.807, 2.05) is 12.3 Å². The first-order chi connectivity index (χ1) is 8.83. The fraction of sp³-hybridized carbons (Fsp3) is 0.400. The minimum atomic E-state index is 0.614. The van der Waals surface area contributed by atoms with Crippen LogP contribution in [-0.4, -0.2) is 35.6 Å². The van der Waals surface area contributed by atoms with E-state index in [0.717, 1.165) is 31.7 Å². The lowest BCUT2D eigenvalue weighted by atomic mass is 10.1. The smallest absolute Gasteiger partial charge is 0.0702 e. The monoisotopic (exact) mass is 241 g/mol. The molecule has 1 aliphatic heterocycles. The Kier molecular flexibility index (Phi) is 3.26. The molecule has 2 heterocycles. The highest BCUT2D eigenvalue weighted by Crippen LogP contribution is 2.16. The zero-order chi connectivity index (χ0) is 12.4. The lowest BCUT2D eigenvalue weighted by Crippen LogP contribution is -2.49. The number of aromatic nitrogens is 1. The highest BCUT2D eigenvalue weighted by Gasteiger charge is 2.17. The molecule has 94 valence electrons. The number of piperazine rings is 1. The van der Waals surface area contributed by atoms with Gasteiger partial charge in [0.15, 0.2) is 0 Å². The van der Waals surface area contributed by atoms with Gasteiger partial charge in [-0.15, -0.1) is 0 Å². The molecular weight excluding hydrogens is 222 g/mol. The number of hydrogen-bond acceptors (Lipinski definition) is 3. The average molecular weight is 241 g/mol. The predicted molar refractivity (Wildman–Crippen MR) is 74.5 cm³/mol. The molecule has 0 aliphatic carbocycles. The second kappa shape index (κ2) is 5.04. The van der Waals surface area contributed by atoms with Crippen molar-refractivity contribution < 1.29 is 0 Å². The summed E-state index contributed by atoms with van der Waals surface area (Å²) in [4.78, 5) is 6.90. The van der Waals surface area contributed by atoms with Gasteiger partial charge in [-0.2, -0.15) is 0 Å². The standard InChI is InChI=1S/C15H19N3/c1-12-10-16-7-8-18(12)11-13-4-5-15-14(9-13)3-2-6-17-15/h2-6,9,12,16H,7-8,10-11H2,1H3/t12-/m1/s1. The highest BCUT2D eigenvalue weighted by molar-refractivity contribution is 5.78. The van der Waals surface area contributed by atoms with Crippen LogP contribution in [0.4, 0.5) is 0 Å². The Hall–Kier alpha value is -1.45. The van der Waals surface area contributed by atoms with Crippen molar-refractivity contribution in [2.75, 3.05) is 19.6 Å². The molecular formula is C15H19N3. The summed E-state index contributed by atoms with van der Waals surface area (Å²) in [5.41, 5.74) is 2.46. The van der Waals surface area contributed by atoms with Gasteiger partial charge in [0.05, 0.1) is 5.52 Å². The van der Waals surface area contributed by atoms with Crippen LogP contribution in [0.15, 0.2) is 36.5 Å². The van der Waals surface area contributed by atoms with Gasteiger partial charge in [-0.3, -0.25) is 9.88 Å². The van der Waals surface area contributed by atoms with Crippen LogP contribution in [0, 0.1) is 0 Å². The number of hydrogen-bond donors (Lipinski definition) is 1. The summed E-state index contributed by atoms with van der Waals surface area (Å²) < 4.78 is 0. The summed E-state index contributed by atoms with van der Waals surface area (Å²) >= 11 is 0. The van der Waals surface area contributed by atoms with Crippen molar-refractivity contribution in [3.63, 3.8) is 0 Å². The molecule has 0 amide bonds. The van der Waals surface area contributed by atoms with E-state index in [2.05, 4.69) is 46.4 Å². The molecule has 1 atom stereocenters. The first kappa shape index (κ1) is 11.6. The number of pyridine rings is 1. The molecule has 3 nitrogen and oxygen atoms in total. The number of fused-ring (bicyclic) bond motifs is 1. The Morgan fingerprint density at radius 1 is 1.39 bits per heavy atom. The van der Waals surface area contributed by atoms with Crippen LogP contribution in [0.3, 0.4) is 0 Å². The van der Waals surface area contributed by atoms with Crippen molar-refractivity contribution >= 4 is 10.9 Å². The maximum atomic E-state index is 4.36. The van der Waals surface area contributed by atoms with Crippen LogP contribution in [0.25, 0.3) is 10.9 Å². The molecule has 1 N–H and O–H groups in total. The summed E-state index contributed by atoms with van der Waals surface area (Å²) in [6.07, 6.45) is 1.85. The average Bonchev–Trinajstić information content (AvgIpc) is 2.41. The molecule has 3 heteroatoms. The van der Waals surface area contributed by atoms with Crippen molar-refractivity contribution in [1.82, 2.24) is 15.2 Å². The molecule has 0 spiro atoms. The van der Waals surface area contributed by atoms with Crippen molar-refractivity contribution in [3.05, 3.63) is 42.1 Å². The molecule has 0 bridgehead atoms. The molecule has 0 saturated carbocycles. The van der Waals surface area contributed by atoms with E-state index in [1.54, 1.807) is 0 Å². The Bertz CT molecular complexity index is 538. The number of benzene rings is 1. The quantitative estimate of drug-likeness (QED) is 0.872. The normalized spacial score (nSPS) is 21.3. The van der Waals surface area contributed by atoms with Crippen LogP contribution in [0.1, 0.15) is 12.5 Å². The van der Waals surface area contributed by atoms with E-state index in [1.165, 1.54) is 10.9 Å².